The molecule has 1 amide bonds. The SMILES string of the molecule is NC1CCCC12CCN(C(=O)CNS(=O)(=O)c1ccccc1)CC2. The van der Waals surface area contributed by atoms with E-state index >= 15 is 0 Å². The van der Waals surface area contributed by atoms with Crippen LogP contribution in [0.15, 0.2) is 35.2 Å². The van der Waals surface area contributed by atoms with E-state index in [-0.39, 0.29) is 28.8 Å². The van der Waals surface area contributed by atoms with E-state index in [4.69, 9.17) is 5.73 Å². The topological polar surface area (TPSA) is 92.5 Å². The zero-order chi connectivity index (χ0) is 17.2. The third kappa shape index (κ3) is 3.48. The molecular weight excluding hydrogens is 326 g/mol. The second-order valence-electron chi connectivity index (χ2n) is 6.88. The fraction of sp³-hybridized carbons (Fsp3) is 0.588. The van der Waals surface area contributed by atoms with Crippen LogP contribution >= 0.6 is 0 Å². The molecule has 24 heavy (non-hydrogen) atoms. The van der Waals surface area contributed by atoms with Crippen molar-refractivity contribution in [3.63, 3.8) is 0 Å². The zero-order valence-corrected chi connectivity index (χ0v) is 14.6. The van der Waals surface area contributed by atoms with E-state index < -0.39 is 10.0 Å². The van der Waals surface area contributed by atoms with E-state index in [1.54, 1.807) is 23.1 Å². The number of rotatable bonds is 4. The third-order valence-corrected chi connectivity index (χ3v) is 6.97. The smallest absolute Gasteiger partial charge is 0.241 e. The van der Waals surface area contributed by atoms with Gasteiger partial charge in [0, 0.05) is 19.1 Å². The van der Waals surface area contributed by atoms with Gasteiger partial charge in [0.2, 0.25) is 15.9 Å². The monoisotopic (exact) mass is 351 g/mol. The summed E-state index contributed by atoms with van der Waals surface area (Å²) in [7, 11) is -3.64. The predicted molar refractivity (Wildman–Crippen MR) is 91.7 cm³/mol. The molecule has 1 atom stereocenters. The fourth-order valence-electron chi connectivity index (χ4n) is 3.94. The molecule has 2 aliphatic rings. The average molecular weight is 351 g/mol. The molecule has 1 saturated heterocycles. The summed E-state index contributed by atoms with van der Waals surface area (Å²) in [6, 6.07) is 8.34. The number of hydrogen-bond acceptors (Lipinski definition) is 4. The van der Waals surface area contributed by atoms with Gasteiger partial charge in [-0.05, 0) is 43.2 Å². The van der Waals surface area contributed by atoms with Crippen LogP contribution in [0.5, 0.6) is 0 Å². The van der Waals surface area contributed by atoms with Gasteiger partial charge in [-0.25, -0.2) is 13.1 Å². The first-order chi connectivity index (χ1) is 11.4. The Bertz CT molecular complexity index is 682. The molecule has 1 aliphatic heterocycles. The summed E-state index contributed by atoms with van der Waals surface area (Å²) in [4.78, 5) is 14.3. The molecule has 132 valence electrons. The number of carbonyl (C=O) groups excluding carboxylic acids is 1. The zero-order valence-electron chi connectivity index (χ0n) is 13.8. The van der Waals surface area contributed by atoms with E-state index in [1.165, 1.54) is 18.6 Å². The minimum Gasteiger partial charge on any atom is -0.342 e. The number of carbonyl (C=O) groups is 1. The molecule has 7 heteroatoms. The highest BCUT2D eigenvalue weighted by Crippen LogP contribution is 2.45. The van der Waals surface area contributed by atoms with E-state index in [1.807, 2.05) is 0 Å². The molecular formula is C17H25N3O3S. The van der Waals surface area contributed by atoms with E-state index in [0.717, 1.165) is 25.7 Å². The van der Waals surface area contributed by atoms with E-state index in [0.29, 0.717) is 13.1 Å². The second kappa shape index (κ2) is 6.82. The largest absolute Gasteiger partial charge is 0.342 e. The number of nitrogens with zero attached hydrogens (tertiary/aromatic N) is 1. The normalized spacial score (nSPS) is 23.5. The van der Waals surface area contributed by atoms with Gasteiger partial charge in [0.05, 0.1) is 11.4 Å². The van der Waals surface area contributed by atoms with Gasteiger partial charge in [-0.3, -0.25) is 4.79 Å². The Morgan fingerprint density at radius 2 is 1.88 bits per heavy atom. The maximum atomic E-state index is 12.3. The lowest BCUT2D eigenvalue weighted by molar-refractivity contribution is -0.132. The van der Waals surface area contributed by atoms with Crippen molar-refractivity contribution in [1.82, 2.24) is 9.62 Å². The molecule has 0 radical (unpaired) electrons. The first kappa shape index (κ1) is 17.4. The number of nitrogens with two attached hydrogens (primary N) is 1. The van der Waals surface area contributed by atoms with Gasteiger partial charge >= 0.3 is 0 Å². The summed E-state index contributed by atoms with van der Waals surface area (Å²) >= 11 is 0. The standard InChI is InChI=1S/C17H25N3O3S/c18-15-7-4-8-17(15)9-11-20(12-10-17)16(21)13-19-24(22,23)14-5-2-1-3-6-14/h1-3,5-6,15,19H,4,7-13,18H2. The third-order valence-electron chi connectivity index (χ3n) is 5.56. The Labute approximate surface area is 143 Å². The van der Waals surface area contributed by atoms with Crippen LogP contribution in [-0.2, 0) is 14.8 Å². The quantitative estimate of drug-likeness (QED) is 0.849. The van der Waals surface area contributed by atoms with Crippen molar-refractivity contribution in [2.75, 3.05) is 19.6 Å². The van der Waals surface area contributed by atoms with Crippen molar-refractivity contribution < 1.29 is 13.2 Å². The predicted octanol–water partition coefficient (Wildman–Crippen LogP) is 1.08. The highest BCUT2D eigenvalue weighted by atomic mass is 32.2. The summed E-state index contributed by atoms with van der Waals surface area (Å²) in [5.41, 5.74) is 6.45. The molecule has 6 nitrogen and oxygen atoms in total. The molecule has 1 aromatic carbocycles. The van der Waals surface area contributed by atoms with Crippen molar-refractivity contribution in [2.45, 2.75) is 43.0 Å². The Morgan fingerprint density at radius 3 is 2.46 bits per heavy atom. The minimum absolute atomic E-state index is 0.170. The maximum absolute atomic E-state index is 12.3. The number of likely N-dealkylation sites (tertiary alicyclic amines) is 1. The molecule has 1 spiro atoms. The average Bonchev–Trinajstić information content (AvgIpc) is 2.94. The van der Waals surface area contributed by atoms with Gasteiger partial charge in [0.15, 0.2) is 0 Å². The number of benzene rings is 1. The van der Waals surface area contributed by atoms with Crippen LogP contribution in [0, 0.1) is 5.41 Å². The summed E-state index contributed by atoms with van der Waals surface area (Å²) in [5.74, 6) is -0.170. The summed E-state index contributed by atoms with van der Waals surface area (Å²) in [5, 5.41) is 0. The molecule has 0 bridgehead atoms. The van der Waals surface area contributed by atoms with Gasteiger partial charge in [0.1, 0.15) is 0 Å². The number of sulfonamides is 1. The molecule has 1 heterocycles. The van der Waals surface area contributed by atoms with Gasteiger partial charge in [-0.15, -0.1) is 0 Å². The van der Waals surface area contributed by atoms with Gasteiger partial charge in [0.25, 0.3) is 0 Å². The first-order valence-corrected chi connectivity index (χ1v) is 9.99. The Hall–Kier alpha value is -1.44. The van der Waals surface area contributed by atoms with Crippen molar-refractivity contribution in [1.29, 1.82) is 0 Å². The van der Waals surface area contributed by atoms with Gasteiger partial charge in [-0.2, -0.15) is 0 Å². The Morgan fingerprint density at radius 1 is 1.21 bits per heavy atom. The lowest BCUT2D eigenvalue weighted by Crippen LogP contribution is -2.50. The van der Waals surface area contributed by atoms with Crippen molar-refractivity contribution in [3.8, 4) is 0 Å². The van der Waals surface area contributed by atoms with Crippen LogP contribution in [0.25, 0.3) is 0 Å². The molecule has 3 N–H and O–H groups in total. The summed E-state index contributed by atoms with van der Waals surface area (Å²) in [6.45, 7) is 1.13. The molecule has 3 rings (SSSR count). The van der Waals surface area contributed by atoms with Crippen molar-refractivity contribution in [2.24, 2.45) is 11.1 Å². The van der Waals surface area contributed by atoms with Crippen LogP contribution < -0.4 is 10.5 Å². The van der Waals surface area contributed by atoms with Crippen LogP contribution in [-0.4, -0.2) is 44.9 Å². The maximum Gasteiger partial charge on any atom is 0.241 e. The number of amides is 1. The fourth-order valence-corrected chi connectivity index (χ4v) is 4.93. The van der Waals surface area contributed by atoms with E-state index in [9.17, 15) is 13.2 Å². The Balaban J connectivity index is 1.53. The highest BCUT2D eigenvalue weighted by Gasteiger charge is 2.43. The van der Waals surface area contributed by atoms with E-state index in [2.05, 4.69) is 4.72 Å². The van der Waals surface area contributed by atoms with Gasteiger partial charge in [-0.1, -0.05) is 24.6 Å². The molecule has 2 fully saturated rings. The number of hydrogen-bond donors (Lipinski definition) is 2. The Kier molecular flexibility index (Phi) is 4.94. The summed E-state index contributed by atoms with van der Waals surface area (Å²) in [6.07, 6.45) is 5.24. The lowest BCUT2D eigenvalue weighted by atomic mass is 9.74. The van der Waals surface area contributed by atoms with Crippen LogP contribution in [0.3, 0.4) is 0 Å². The first-order valence-electron chi connectivity index (χ1n) is 8.51. The minimum atomic E-state index is -3.64. The van der Waals surface area contributed by atoms with Crippen LogP contribution in [0.4, 0.5) is 0 Å². The molecule has 1 aromatic rings. The van der Waals surface area contributed by atoms with Crippen molar-refractivity contribution >= 4 is 15.9 Å². The second-order valence-corrected chi connectivity index (χ2v) is 8.65. The molecule has 0 aromatic heterocycles. The van der Waals surface area contributed by atoms with Crippen LogP contribution in [0.2, 0.25) is 0 Å². The summed E-state index contributed by atoms with van der Waals surface area (Å²) < 4.78 is 26.7. The van der Waals surface area contributed by atoms with Crippen LogP contribution in [0.1, 0.15) is 32.1 Å². The molecule has 1 aliphatic carbocycles. The lowest BCUT2D eigenvalue weighted by Gasteiger charge is -2.42. The molecule has 1 saturated carbocycles. The van der Waals surface area contributed by atoms with Crippen molar-refractivity contribution in [3.05, 3.63) is 30.3 Å². The highest BCUT2D eigenvalue weighted by molar-refractivity contribution is 7.89. The van der Waals surface area contributed by atoms with Gasteiger partial charge < -0.3 is 10.6 Å². The molecule has 1 unspecified atom stereocenters. The number of piperidine rings is 1. The number of nitrogens with one attached hydrogen (secondary N) is 1.